The first-order valence-electron chi connectivity index (χ1n) is 7.46. The number of amides is 1. The van der Waals surface area contributed by atoms with E-state index in [-0.39, 0.29) is 24.3 Å². The first-order chi connectivity index (χ1) is 10.3. The van der Waals surface area contributed by atoms with E-state index in [1.807, 2.05) is 4.90 Å². The fraction of sp³-hybridized carbons (Fsp3) is 0.786. The molecule has 1 atom stereocenters. The highest BCUT2D eigenvalue weighted by Crippen LogP contribution is 2.29. The molecule has 1 aromatic heterocycles. The largest absolute Gasteiger partial charge is 0.381 e. The van der Waals surface area contributed by atoms with Gasteiger partial charge in [0.2, 0.25) is 11.8 Å². The minimum Gasteiger partial charge on any atom is -0.381 e. The lowest BCUT2D eigenvalue weighted by molar-refractivity contribution is -0.136. The van der Waals surface area contributed by atoms with Crippen molar-refractivity contribution in [1.29, 1.82) is 0 Å². The highest BCUT2D eigenvalue weighted by molar-refractivity contribution is 5.77. The summed E-state index contributed by atoms with van der Waals surface area (Å²) in [5, 5.41) is 4.09. The number of rotatable bonds is 4. The first-order valence-corrected chi connectivity index (χ1v) is 7.46. The Morgan fingerprint density at radius 1 is 1.33 bits per heavy atom. The molecule has 0 N–H and O–H groups in total. The predicted molar refractivity (Wildman–Crippen MR) is 72.9 cm³/mol. The predicted octanol–water partition coefficient (Wildman–Crippen LogP) is 0.926. The van der Waals surface area contributed by atoms with E-state index >= 15 is 0 Å². The molecule has 21 heavy (non-hydrogen) atoms. The van der Waals surface area contributed by atoms with E-state index in [0.29, 0.717) is 12.5 Å². The first kappa shape index (κ1) is 14.5. The summed E-state index contributed by atoms with van der Waals surface area (Å²) in [7, 11) is 1.54. The molecule has 2 aliphatic rings. The lowest BCUT2D eigenvalue weighted by atomic mass is 9.96. The van der Waals surface area contributed by atoms with E-state index < -0.39 is 0 Å². The average molecular weight is 295 g/mol. The van der Waals surface area contributed by atoms with E-state index in [9.17, 15) is 4.79 Å². The van der Waals surface area contributed by atoms with Crippen LogP contribution in [0.15, 0.2) is 4.52 Å². The molecule has 3 heterocycles. The van der Waals surface area contributed by atoms with E-state index in [1.165, 1.54) is 7.11 Å². The molecule has 0 spiro atoms. The second-order valence-electron chi connectivity index (χ2n) is 5.64. The second-order valence-corrected chi connectivity index (χ2v) is 5.64. The number of likely N-dealkylation sites (tertiary alicyclic amines) is 1. The van der Waals surface area contributed by atoms with Crippen LogP contribution in [-0.4, -0.2) is 61.0 Å². The number of hydrogen-bond donors (Lipinski definition) is 0. The molecular weight excluding hydrogens is 274 g/mol. The summed E-state index contributed by atoms with van der Waals surface area (Å²) in [5.41, 5.74) is 0. The molecule has 7 nitrogen and oxygen atoms in total. The smallest absolute Gasteiger partial charge is 0.248 e. The van der Waals surface area contributed by atoms with Gasteiger partial charge < -0.3 is 18.9 Å². The fourth-order valence-corrected chi connectivity index (χ4v) is 2.91. The monoisotopic (exact) mass is 295 g/mol. The Labute approximate surface area is 123 Å². The van der Waals surface area contributed by atoms with Crippen molar-refractivity contribution in [2.75, 3.05) is 40.0 Å². The summed E-state index contributed by atoms with van der Waals surface area (Å²) < 4.78 is 15.7. The zero-order valence-electron chi connectivity index (χ0n) is 12.3. The van der Waals surface area contributed by atoms with Crippen LogP contribution < -0.4 is 0 Å². The summed E-state index contributed by atoms with van der Waals surface area (Å²) in [4.78, 5) is 18.1. The topological polar surface area (TPSA) is 77.7 Å². The Morgan fingerprint density at radius 3 is 2.81 bits per heavy atom. The molecule has 2 fully saturated rings. The molecule has 2 aliphatic heterocycles. The van der Waals surface area contributed by atoms with E-state index in [1.54, 1.807) is 0 Å². The highest BCUT2D eigenvalue weighted by atomic mass is 16.5. The maximum Gasteiger partial charge on any atom is 0.248 e. The van der Waals surface area contributed by atoms with Gasteiger partial charge in [0.15, 0.2) is 5.82 Å². The van der Waals surface area contributed by atoms with Crippen LogP contribution in [0.25, 0.3) is 0 Å². The Bertz CT molecular complexity index is 476. The van der Waals surface area contributed by atoms with Gasteiger partial charge in [-0.2, -0.15) is 4.98 Å². The average Bonchev–Trinajstić information content (AvgIpc) is 3.19. The summed E-state index contributed by atoms with van der Waals surface area (Å²) in [6, 6.07) is 0. The van der Waals surface area contributed by atoms with Crippen LogP contribution in [0.5, 0.6) is 0 Å². The minimum atomic E-state index is 0.0465. The Hall–Kier alpha value is -1.47. The molecule has 2 saturated heterocycles. The fourth-order valence-electron chi connectivity index (χ4n) is 2.91. The molecule has 3 rings (SSSR count). The van der Waals surface area contributed by atoms with Crippen molar-refractivity contribution in [2.45, 2.75) is 31.1 Å². The molecule has 0 saturated carbocycles. The van der Waals surface area contributed by atoms with E-state index in [2.05, 4.69) is 10.1 Å². The van der Waals surface area contributed by atoms with Crippen molar-refractivity contribution in [3.8, 4) is 0 Å². The Morgan fingerprint density at radius 2 is 2.14 bits per heavy atom. The van der Waals surface area contributed by atoms with Crippen molar-refractivity contribution >= 4 is 5.91 Å². The van der Waals surface area contributed by atoms with Crippen molar-refractivity contribution in [3.05, 3.63) is 11.7 Å². The van der Waals surface area contributed by atoms with Gasteiger partial charge in [0.05, 0.1) is 6.61 Å². The van der Waals surface area contributed by atoms with E-state index in [4.69, 9.17) is 14.0 Å². The Balaban J connectivity index is 1.55. The van der Waals surface area contributed by atoms with Crippen molar-refractivity contribution in [1.82, 2.24) is 15.0 Å². The Kier molecular flexibility index (Phi) is 4.50. The minimum absolute atomic E-state index is 0.0465. The van der Waals surface area contributed by atoms with Gasteiger partial charge in [-0.25, -0.2) is 0 Å². The van der Waals surface area contributed by atoms with Gasteiger partial charge in [-0.15, -0.1) is 0 Å². The van der Waals surface area contributed by atoms with Crippen LogP contribution in [0.4, 0.5) is 0 Å². The van der Waals surface area contributed by atoms with E-state index in [0.717, 1.165) is 44.8 Å². The van der Waals surface area contributed by atoms with Gasteiger partial charge >= 0.3 is 0 Å². The van der Waals surface area contributed by atoms with Crippen LogP contribution >= 0.6 is 0 Å². The number of carbonyl (C=O) groups excluding carboxylic acids is 1. The number of aromatic nitrogens is 2. The van der Waals surface area contributed by atoms with Crippen molar-refractivity contribution < 1.29 is 18.8 Å². The van der Waals surface area contributed by atoms with Crippen LogP contribution in [0.3, 0.4) is 0 Å². The van der Waals surface area contributed by atoms with Gasteiger partial charge in [0.25, 0.3) is 0 Å². The third-order valence-electron chi connectivity index (χ3n) is 4.22. The van der Waals surface area contributed by atoms with Crippen molar-refractivity contribution in [3.63, 3.8) is 0 Å². The number of carbonyl (C=O) groups is 1. The van der Waals surface area contributed by atoms with Gasteiger partial charge in [-0.1, -0.05) is 5.16 Å². The van der Waals surface area contributed by atoms with Gasteiger partial charge in [-0.05, 0) is 19.3 Å². The molecule has 116 valence electrons. The summed E-state index contributed by atoms with van der Waals surface area (Å²) in [6.07, 6.45) is 2.68. The standard InChI is InChI=1S/C14H21N3O4/c1-19-9-12(18)17-5-2-10(3-6-17)14-15-13(16-21-14)11-4-7-20-8-11/h10-11H,2-9H2,1H3. The zero-order valence-corrected chi connectivity index (χ0v) is 12.3. The molecule has 1 amide bonds. The van der Waals surface area contributed by atoms with Gasteiger partial charge in [-0.3, -0.25) is 4.79 Å². The molecule has 7 heteroatoms. The molecule has 1 unspecified atom stereocenters. The number of piperidine rings is 1. The van der Waals surface area contributed by atoms with Gasteiger partial charge in [0.1, 0.15) is 6.61 Å². The highest BCUT2D eigenvalue weighted by Gasteiger charge is 2.29. The summed E-state index contributed by atoms with van der Waals surface area (Å²) >= 11 is 0. The van der Waals surface area contributed by atoms with Crippen LogP contribution in [0.1, 0.15) is 42.8 Å². The normalized spacial score (nSPS) is 23.7. The second kappa shape index (κ2) is 6.53. The SMILES string of the molecule is COCC(=O)N1CCC(c2nc(C3CCOC3)no2)CC1. The van der Waals surface area contributed by atoms with Crippen LogP contribution in [0.2, 0.25) is 0 Å². The maximum absolute atomic E-state index is 11.8. The number of methoxy groups -OCH3 is 1. The molecule has 0 aliphatic carbocycles. The third-order valence-corrected chi connectivity index (χ3v) is 4.22. The van der Waals surface area contributed by atoms with Crippen LogP contribution in [0, 0.1) is 0 Å². The third kappa shape index (κ3) is 3.24. The maximum atomic E-state index is 11.8. The lowest BCUT2D eigenvalue weighted by Crippen LogP contribution is -2.39. The number of hydrogen-bond acceptors (Lipinski definition) is 6. The number of nitrogens with zero attached hydrogens (tertiary/aromatic N) is 3. The molecule has 0 bridgehead atoms. The summed E-state index contributed by atoms with van der Waals surface area (Å²) in [5.74, 6) is 2.03. The van der Waals surface area contributed by atoms with Crippen molar-refractivity contribution in [2.24, 2.45) is 0 Å². The number of ether oxygens (including phenoxy) is 2. The van der Waals surface area contributed by atoms with Crippen LogP contribution in [-0.2, 0) is 14.3 Å². The zero-order chi connectivity index (χ0) is 14.7. The van der Waals surface area contributed by atoms with Gasteiger partial charge in [0, 0.05) is 38.6 Å². The lowest BCUT2D eigenvalue weighted by Gasteiger charge is -2.30. The molecular formula is C14H21N3O4. The summed E-state index contributed by atoms with van der Waals surface area (Å²) in [6.45, 7) is 3.04. The molecule has 1 aromatic rings. The molecule has 0 aromatic carbocycles. The molecule has 0 radical (unpaired) electrons. The quantitative estimate of drug-likeness (QED) is 0.822.